The predicted octanol–water partition coefficient (Wildman–Crippen LogP) is 5.55. The van der Waals surface area contributed by atoms with Crippen molar-refractivity contribution in [2.24, 2.45) is 0 Å². The number of imidazole rings is 2. The molecule has 2 heterocycles. The minimum atomic E-state index is -1.02. The van der Waals surface area contributed by atoms with Gasteiger partial charge in [-0.3, -0.25) is 0 Å². The Kier molecular flexibility index (Phi) is 15.0. The Morgan fingerprint density at radius 1 is 0.680 bits per heavy atom. The molecule has 0 radical (unpaired) electrons. The normalized spacial score (nSPS) is 11.3. The standard InChI is InChI=1S/C19H17FN2O2.C18H15FN2O2.CH4.Li.H2O/c1-13(22-12-21-11-18(22)19(23)24-2)16-5-3-4-6-17(16)14-7-9-15(20)10-8-14;1-12(21-11-20-10-17(21)18(22)23)15-4-2-3-5-16(15)13-6-8-14(19)9-7-13;;;/h3-13H,1-2H3;2-12H,1H3,(H,22,23);1H4;;1H2/q;;;+1;/p-1/t13-;12-;;;/m00.../s1. The molecule has 0 amide bonds. The quantitative estimate of drug-likeness (QED) is 0.166. The summed E-state index contributed by atoms with van der Waals surface area (Å²) in [7, 11) is 1.34. The molecule has 0 aliphatic heterocycles. The molecule has 4 aromatic carbocycles. The summed E-state index contributed by atoms with van der Waals surface area (Å²) >= 11 is 0. The molecule has 0 spiro atoms. The maximum Gasteiger partial charge on any atom is 1.00 e. The maximum atomic E-state index is 13.2. The van der Waals surface area contributed by atoms with Crippen molar-refractivity contribution >= 4 is 11.9 Å². The molecule has 0 aliphatic carbocycles. The third-order valence-electron chi connectivity index (χ3n) is 7.91. The van der Waals surface area contributed by atoms with Gasteiger partial charge in [-0.25, -0.2) is 28.3 Å². The molecule has 2 N–H and O–H groups in total. The van der Waals surface area contributed by atoms with E-state index in [0.29, 0.717) is 5.69 Å². The van der Waals surface area contributed by atoms with Crippen molar-refractivity contribution in [2.45, 2.75) is 33.4 Å². The van der Waals surface area contributed by atoms with E-state index in [-0.39, 0.29) is 61.2 Å². The SMILES string of the molecule is C.COC(=O)c1cncn1[C@@H](C)c1ccccc1-c1ccc(F)cc1.C[C@@H](c1ccccc1-c1ccc(F)cc1)n1cncc1C(=O)O.[Li+].[OH-]. The Balaban J connectivity index is 0.000000327. The summed E-state index contributed by atoms with van der Waals surface area (Å²) in [5.74, 6) is -2.01. The fourth-order valence-corrected chi connectivity index (χ4v) is 5.46. The summed E-state index contributed by atoms with van der Waals surface area (Å²) in [4.78, 5) is 31.2. The molecular formula is C38H37F2LiN4O5. The molecule has 2 aromatic heterocycles. The first kappa shape index (κ1) is 40.8. The van der Waals surface area contributed by atoms with Crippen molar-refractivity contribution in [2.75, 3.05) is 7.11 Å². The van der Waals surface area contributed by atoms with Crippen LogP contribution in [0.25, 0.3) is 22.3 Å². The van der Waals surface area contributed by atoms with E-state index in [1.54, 1.807) is 39.7 Å². The number of esters is 1. The summed E-state index contributed by atoms with van der Waals surface area (Å²) in [5.41, 5.74) is 6.18. The number of carbonyl (C=O) groups is 2. The van der Waals surface area contributed by atoms with Crippen LogP contribution in [0.1, 0.15) is 65.5 Å². The number of rotatable bonds is 8. The van der Waals surface area contributed by atoms with Gasteiger partial charge in [0, 0.05) is 0 Å². The van der Waals surface area contributed by atoms with Gasteiger partial charge in [0.15, 0.2) is 0 Å². The van der Waals surface area contributed by atoms with Gasteiger partial charge in [0.25, 0.3) is 0 Å². The molecule has 12 heteroatoms. The first-order valence-corrected chi connectivity index (χ1v) is 14.7. The Morgan fingerprint density at radius 2 is 1.06 bits per heavy atom. The van der Waals surface area contributed by atoms with Crippen LogP contribution < -0.4 is 18.9 Å². The van der Waals surface area contributed by atoms with E-state index in [1.807, 2.05) is 62.4 Å². The van der Waals surface area contributed by atoms with E-state index in [4.69, 9.17) is 4.74 Å². The van der Waals surface area contributed by atoms with Gasteiger partial charge in [-0.05, 0) is 71.5 Å². The first-order chi connectivity index (χ1) is 22.7. The number of ether oxygens (including phenoxy) is 1. The number of carbonyl (C=O) groups excluding carboxylic acids is 1. The third-order valence-corrected chi connectivity index (χ3v) is 7.91. The van der Waals surface area contributed by atoms with Gasteiger partial charge in [-0.1, -0.05) is 80.2 Å². The fourth-order valence-electron chi connectivity index (χ4n) is 5.46. The molecule has 0 bridgehead atoms. The number of carboxylic acids is 1. The topological polar surface area (TPSA) is 129 Å². The monoisotopic (exact) mass is 674 g/mol. The van der Waals surface area contributed by atoms with Crippen LogP contribution in [0.4, 0.5) is 8.78 Å². The number of aromatic nitrogens is 4. The second-order valence-corrected chi connectivity index (χ2v) is 10.7. The van der Waals surface area contributed by atoms with Crippen LogP contribution >= 0.6 is 0 Å². The smallest absolute Gasteiger partial charge is 0.870 e. The summed E-state index contributed by atoms with van der Waals surface area (Å²) in [6, 6.07) is 27.8. The van der Waals surface area contributed by atoms with Gasteiger partial charge in [-0.2, -0.15) is 0 Å². The van der Waals surface area contributed by atoms with E-state index < -0.39 is 11.9 Å². The van der Waals surface area contributed by atoms with Crippen molar-refractivity contribution in [3.8, 4) is 22.3 Å². The van der Waals surface area contributed by atoms with Crippen molar-refractivity contribution in [1.82, 2.24) is 19.1 Å². The molecule has 0 saturated heterocycles. The van der Waals surface area contributed by atoms with Crippen molar-refractivity contribution < 1.29 is 52.6 Å². The van der Waals surface area contributed by atoms with Crippen LogP contribution in [0.2, 0.25) is 0 Å². The van der Waals surface area contributed by atoms with Crippen LogP contribution in [0.15, 0.2) is 122 Å². The fraction of sp³-hybridized carbons (Fsp3) is 0.158. The van der Waals surface area contributed by atoms with E-state index in [9.17, 15) is 23.5 Å². The number of methoxy groups -OCH3 is 1. The van der Waals surface area contributed by atoms with Gasteiger partial charge >= 0.3 is 30.8 Å². The number of benzene rings is 4. The predicted molar refractivity (Wildman–Crippen MR) is 183 cm³/mol. The average Bonchev–Trinajstić information content (AvgIpc) is 3.80. The van der Waals surface area contributed by atoms with Crippen molar-refractivity contribution in [3.63, 3.8) is 0 Å². The molecule has 6 rings (SSSR count). The largest absolute Gasteiger partial charge is 1.00 e. The molecule has 9 nitrogen and oxygen atoms in total. The van der Waals surface area contributed by atoms with Crippen LogP contribution in [-0.4, -0.2) is 48.7 Å². The number of hydrogen-bond acceptors (Lipinski definition) is 6. The van der Waals surface area contributed by atoms with Crippen LogP contribution in [0.3, 0.4) is 0 Å². The molecule has 2 atom stereocenters. The van der Waals surface area contributed by atoms with Gasteiger partial charge in [-0.15, -0.1) is 0 Å². The Bertz CT molecular complexity index is 2000. The minimum Gasteiger partial charge on any atom is -0.870 e. The number of aromatic carboxylic acids is 1. The zero-order chi connectivity index (χ0) is 33.5. The number of halogens is 2. The van der Waals surface area contributed by atoms with Gasteiger partial charge in [0.05, 0.1) is 44.2 Å². The summed E-state index contributed by atoms with van der Waals surface area (Å²) in [5, 5.41) is 9.26. The Hall–Kier alpha value is -5.34. The molecule has 0 aliphatic rings. The van der Waals surface area contributed by atoms with E-state index in [0.717, 1.165) is 33.4 Å². The summed E-state index contributed by atoms with van der Waals surface area (Å²) in [6.07, 6.45) is 5.94. The molecule has 0 saturated carbocycles. The van der Waals surface area contributed by atoms with Crippen LogP contribution in [0, 0.1) is 11.6 Å². The van der Waals surface area contributed by atoms with E-state index in [2.05, 4.69) is 9.97 Å². The number of nitrogens with zero attached hydrogens (tertiary/aromatic N) is 4. The van der Waals surface area contributed by atoms with Gasteiger partial charge in [0.2, 0.25) is 0 Å². The minimum absolute atomic E-state index is 0. The second-order valence-electron chi connectivity index (χ2n) is 10.7. The maximum absolute atomic E-state index is 13.2. The first-order valence-electron chi connectivity index (χ1n) is 14.7. The molecule has 0 fully saturated rings. The zero-order valence-corrected chi connectivity index (χ0v) is 27.4. The van der Waals surface area contributed by atoms with Crippen molar-refractivity contribution in [1.29, 1.82) is 0 Å². The summed E-state index contributed by atoms with van der Waals surface area (Å²) in [6.45, 7) is 3.90. The molecular weight excluding hydrogens is 637 g/mol. The van der Waals surface area contributed by atoms with Gasteiger partial charge in [0.1, 0.15) is 23.0 Å². The molecule has 0 unspecified atom stereocenters. The van der Waals surface area contributed by atoms with Crippen LogP contribution in [-0.2, 0) is 4.74 Å². The van der Waals surface area contributed by atoms with E-state index in [1.165, 1.54) is 50.1 Å². The second kappa shape index (κ2) is 18.4. The van der Waals surface area contributed by atoms with Crippen molar-refractivity contribution in [3.05, 3.63) is 156 Å². The Labute approximate surface area is 301 Å². The average molecular weight is 675 g/mol. The number of carboxylic acid groups (broad SMARTS) is 1. The van der Waals surface area contributed by atoms with Crippen LogP contribution in [0.5, 0.6) is 0 Å². The molecule has 6 aromatic rings. The van der Waals surface area contributed by atoms with Gasteiger partial charge < -0.3 is 24.5 Å². The number of hydrogen-bond donors (Lipinski definition) is 1. The Morgan fingerprint density at radius 3 is 1.46 bits per heavy atom. The zero-order valence-electron chi connectivity index (χ0n) is 27.4. The molecule has 254 valence electrons. The van der Waals surface area contributed by atoms with E-state index >= 15 is 0 Å². The summed E-state index contributed by atoms with van der Waals surface area (Å²) < 4.78 is 34.5. The molecule has 50 heavy (non-hydrogen) atoms. The third kappa shape index (κ3) is 9.01.